The number of hydrogen-bond acceptors (Lipinski definition) is 7. The van der Waals surface area contributed by atoms with Gasteiger partial charge in [0.2, 0.25) is 11.8 Å². The molecule has 5 N–H and O–H groups in total. The molecule has 2 atom stereocenters. The van der Waals surface area contributed by atoms with Gasteiger partial charge in [-0.15, -0.1) is 0 Å². The topological polar surface area (TPSA) is 174 Å². The predicted octanol–water partition coefficient (Wildman–Crippen LogP) is 0.395. The van der Waals surface area contributed by atoms with Crippen LogP contribution < -0.4 is 16.4 Å². The zero-order valence-corrected chi connectivity index (χ0v) is 16.4. The summed E-state index contributed by atoms with van der Waals surface area (Å²) in [6, 6.07) is 11.8. The quantitative estimate of drug-likeness (QED) is 0.311. The second-order valence-corrected chi connectivity index (χ2v) is 6.49. The number of rotatable bonds is 10. The summed E-state index contributed by atoms with van der Waals surface area (Å²) in [5, 5.41) is 25.1. The lowest BCUT2D eigenvalue weighted by atomic mass is 10.0. The van der Waals surface area contributed by atoms with Crippen molar-refractivity contribution in [2.75, 3.05) is 6.61 Å². The second-order valence-electron chi connectivity index (χ2n) is 6.49. The van der Waals surface area contributed by atoms with Crippen molar-refractivity contribution in [2.45, 2.75) is 25.1 Å². The van der Waals surface area contributed by atoms with Crippen LogP contribution >= 0.6 is 0 Å². The zero-order valence-electron chi connectivity index (χ0n) is 16.4. The number of aliphatic hydroxyl groups is 1. The van der Waals surface area contributed by atoms with Crippen LogP contribution in [0.3, 0.4) is 0 Å². The van der Waals surface area contributed by atoms with Crippen LogP contribution in [-0.2, 0) is 27.4 Å². The number of nitro groups is 1. The number of ether oxygens (including phenoxy) is 1. The van der Waals surface area contributed by atoms with Crippen LogP contribution in [0.2, 0.25) is 0 Å². The molecule has 2 rings (SSSR count). The van der Waals surface area contributed by atoms with Gasteiger partial charge < -0.3 is 26.2 Å². The molecule has 0 unspecified atom stereocenters. The molecular formula is C20H22N4O7. The van der Waals surface area contributed by atoms with Gasteiger partial charge >= 0.3 is 6.09 Å². The fourth-order valence-corrected chi connectivity index (χ4v) is 2.68. The Bertz CT molecular complexity index is 936. The number of para-hydroxylation sites is 1. The first kappa shape index (κ1) is 23.3. The molecule has 0 spiro atoms. The van der Waals surface area contributed by atoms with Crippen molar-refractivity contribution >= 4 is 23.6 Å². The van der Waals surface area contributed by atoms with Gasteiger partial charge in [-0.3, -0.25) is 19.7 Å². The number of carbonyl (C=O) groups excluding carboxylic acids is 3. The average Bonchev–Trinajstić information content (AvgIpc) is 2.76. The molecule has 31 heavy (non-hydrogen) atoms. The number of hydrogen-bond donors (Lipinski definition) is 4. The van der Waals surface area contributed by atoms with E-state index in [1.54, 1.807) is 36.4 Å². The normalized spacial score (nSPS) is 12.3. The van der Waals surface area contributed by atoms with E-state index in [1.165, 1.54) is 18.2 Å². The number of amides is 3. The summed E-state index contributed by atoms with van der Waals surface area (Å²) in [6.07, 6.45) is -1.19. The molecule has 11 nitrogen and oxygen atoms in total. The molecular weight excluding hydrogens is 408 g/mol. The molecule has 0 aliphatic rings. The number of nitrogens with two attached hydrogens (primary N) is 1. The van der Waals surface area contributed by atoms with Gasteiger partial charge in [0, 0.05) is 18.1 Å². The minimum Gasteiger partial charge on any atom is -0.445 e. The van der Waals surface area contributed by atoms with Gasteiger partial charge in [-0.05, 0) is 5.56 Å². The lowest BCUT2D eigenvalue weighted by Crippen LogP contribution is -2.55. The van der Waals surface area contributed by atoms with Crippen LogP contribution in [0.4, 0.5) is 10.5 Å². The minimum atomic E-state index is -1.42. The van der Waals surface area contributed by atoms with Crippen LogP contribution in [0.15, 0.2) is 54.6 Å². The van der Waals surface area contributed by atoms with Crippen molar-refractivity contribution in [3.63, 3.8) is 0 Å². The Morgan fingerprint density at radius 2 is 1.68 bits per heavy atom. The molecule has 0 saturated heterocycles. The molecule has 0 fully saturated rings. The summed E-state index contributed by atoms with van der Waals surface area (Å²) < 4.78 is 4.99. The highest BCUT2D eigenvalue weighted by Gasteiger charge is 2.27. The SMILES string of the molecule is NC(=O)[C@H](Cc1ccccc1[N+](=O)[O-])NC(=O)[C@H](CO)NC(=O)OCc1ccccc1. The van der Waals surface area contributed by atoms with Crippen LogP contribution in [0, 0.1) is 10.1 Å². The van der Waals surface area contributed by atoms with Crippen molar-refractivity contribution in [2.24, 2.45) is 5.73 Å². The highest BCUT2D eigenvalue weighted by molar-refractivity contribution is 5.91. The Hall–Kier alpha value is -3.99. The largest absolute Gasteiger partial charge is 0.445 e. The smallest absolute Gasteiger partial charge is 0.408 e. The van der Waals surface area contributed by atoms with E-state index in [-0.39, 0.29) is 24.3 Å². The fourth-order valence-electron chi connectivity index (χ4n) is 2.68. The first-order chi connectivity index (χ1) is 14.8. The molecule has 11 heteroatoms. The monoisotopic (exact) mass is 430 g/mol. The number of nitrogens with one attached hydrogen (secondary N) is 2. The van der Waals surface area contributed by atoms with E-state index in [2.05, 4.69) is 10.6 Å². The van der Waals surface area contributed by atoms with E-state index in [0.717, 1.165) is 5.56 Å². The maximum absolute atomic E-state index is 12.4. The van der Waals surface area contributed by atoms with Crippen LogP contribution in [0.1, 0.15) is 11.1 Å². The fraction of sp³-hybridized carbons (Fsp3) is 0.250. The predicted molar refractivity (Wildman–Crippen MR) is 109 cm³/mol. The van der Waals surface area contributed by atoms with Crippen molar-refractivity contribution in [1.29, 1.82) is 0 Å². The Morgan fingerprint density at radius 1 is 1.03 bits per heavy atom. The summed E-state index contributed by atoms with van der Waals surface area (Å²) in [5.41, 5.74) is 5.99. The van der Waals surface area contributed by atoms with Crippen LogP contribution in [-0.4, -0.2) is 46.6 Å². The van der Waals surface area contributed by atoms with Gasteiger partial charge in [-0.25, -0.2) is 4.79 Å². The lowest BCUT2D eigenvalue weighted by Gasteiger charge is -2.20. The van der Waals surface area contributed by atoms with Gasteiger partial charge in [0.05, 0.1) is 11.5 Å². The second kappa shape index (κ2) is 11.3. The standard InChI is InChI=1S/C20H22N4O7/c21-18(26)15(10-14-8-4-5-9-17(14)24(29)30)22-19(27)16(11-25)23-20(28)31-12-13-6-2-1-3-7-13/h1-9,15-16,25H,10-12H2,(H2,21,26)(H,22,27)(H,23,28)/t15-,16-/m0/s1. The third-order valence-electron chi connectivity index (χ3n) is 4.28. The molecule has 0 heterocycles. The van der Waals surface area contributed by atoms with Gasteiger partial charge in [0.1, 0.15) is 18.7 Å². The summed E-state index contributed by atoms with van der Waals surface area (Å²) >= 11 is 0. The molecule has 164 valence electrons. The van der Waals surface area contributed by atoms with E-state index in [4.69, 9.17) is 10.5 Å². The summed E-state index contributed by atoms with van der Waals surface area (Å²) in [7, 11) is 0. The van der Waals surface area contributed by atoms with Crippen molar-refractivity contribution in [1.82, 2.24) is 10.6 Å². The third kappa shape index (κ3) is 7.08. The zero-order chi connectivity index (χ0) is 22.8. The molecule has 3 amide bonds. The Balaban J connectivity index is 1.99. The van der Waals surface area contributed by atoms with Crippen LogP contribution in [0.5, 0.6) is 0 Å². The maximum Gasteiger partial charge on any atom is 0.408 e. The summed E-state index contributed by atoms with van der Waals surface area (Å²) in [4.78, 5) is 46.7. The van der Waals surface area contributed by atoms with E-state index >= 15 is 0 Å². The van der Waals surface area contributed by atoms with Crippen molar-refractivity contribution in [3.8, 4) is 0 Å². The summed E-state index contributed by atoms with van der Waals surface area (Å²) in [5.74, 6) is -1.84. The van der Waals surface area contributed by atoms with Gasteiger partial charge in [0.25, 0.3) is 5.69 Å². The van der Waals surface area contributed by atoms with Gasteiger partial charge in [0.15, 0.2) is 0 Å². The van der Waals surface area contributed by atoms with Crippen LogP contribution in [0.25, 0.3) is 0 Å². The van der Waals surface area contributed by atoms with E-state index in [9.17, 15) is 29.6 Å². The van der Waals surface area contributed by atoms with Crippen molar-refractivity contribution < 1.29 is 29.2 Å². The minimum absolute atomic E-state index is 0.0476. The van der Waals surface area contributed by atoms with E-state index in [0.29, 0.717) is 0 Å². The molecule has 0 radical (unpaired) electrons. The highest BCUT2D eigenvalue weighted by Crippen LogP contribution is 2.19. The molecule has 2 aromatic rings. The molecule has 0 bridgehead atoms. The number of aliphatic hydroxyl groups excluding tert-OH is 1. The maximum atomic E-state index is 12.4. The van der Waals surface area contributed by atoms with Gasteiger partial charge in [-0.2, -0.15) is 0 Å². The molecule has 0 aliphatic carbocycles. The molecule has 0 aromatic heterocycles. The number of nitrogens with zero attached hydrogens (tertiary/aromatic N) is 1. The van der Waals surface area contributed by atoms with E-state index in [1.807, 2.05) is 0 Å². The van der Waals surface area contributed by atoms with Gasteiger partial charge in [-0.1, -0.05) is 48.5 Å². The number of nitro benzene ring substituents is 1. The Kier molecular flexibility index (Phi) is 8.46. The molecule has 0 saturated carbocycles. The Labute approximate surface area is 177 Å². The number of benzene rings is 2. The summed E-state index contributed by atoms with van der Waals surface area (Å²) in [6.45, 7) is -0.822. The lowest BCUT2D eigenvalue weighted by molar-refractivity contribution is -0.385. The van der Waals surface area contributed by atoms with E-state index < -0.39 is 41.5 Å². The number of primary amides is 1. The highest BCUT2D eigenvalue weighted by atomic mass is 16.6. The number of alkyl carbamates (subject to hydrolysis) is 1. The molecule has 0 aliphatic heterocycles. The van der Waals surface area contributed by atoms with Crippen molar-refractivity contribution in [3.05, 3.63) is 75.8 Å². The first-order valence-electron chi connectivity index (χ1n) is 9.22. The first-order valence-corrected chi connectivity index (χ1v) is 9.22. The number of carbonyl (C=O) groups is 3. The third-order valence-corrected chi connectivity index (χ3v) is 4.28. The average molecular weight is 430 g/mol. The molecule has 2 aromatic carbocycles. The Morgan fingerprint density at radius 3 is 2.29 bits per heavy atom.